The number of benzene rings is 1. The van der Waals surface area contributed by atoms with Gasteiger partial charge in [0.2, 0.25) is 0 Å². The van der Waals surface area contributed by atoms with Crippen molar-refractivity contribution in [3.63, 3.8) is 0 Å². The van der Waals surface area contributed by atoms with E-state index in [1.54, 1.807) is 13.1 Å². The second-order valence-electron chi connectivity index (χ2n) is 4.07. The number of sulfonamides is 1. The van der Waals surface area contributed by atoms with Crippen LogP contribution in [0.15, 0.2) is 47.6 Å². The Morgan fingerprint density at radius 1 is 1.30 bits per heavy atom. The molecule has 0 saturated heterocycles. The van der Waals surface area contributed by atoms with Crippen molar-refractivity contribution in [2.24, 2.45) is 0 Å². The average molecular weight is 295 g/mol. The molecule has 5 nitrogen and oxygen atoms in total. The van der Waals surface area contributed by atoms with Crippen molar-refractivity contribution in [3.8, 4) is 0 Å². The lowest BCUT2D eigenvalue weighted by atomic mass is 10.3. The molecule has 0 aliphatic rings. The third kappa shape index (κ3) is 2.57. The second-order valence-corrected chi connectivity index (χ2v) is 6.01. The molecular weight excluding hydrogens is 281 g/mol. The summed E-state index contributed by atoms with van der Waals surface area (Å²) in [4.78, 5) is 3.87. The summed E-state index contributed by atoms with van der Waals surface area (Å²) in [5.41, 5.74) is 0.680. The maximum absolute atomic E-state index is 13.2. The molecule has 2 aromatic rings. The van der Waals surface area contributed by atoms with Gasteiger partial charge in [-0.05, 0) is 24.3 Å². The molecule has 0 unspecified atom stereocenters. The van der Waals surface area contributed by atoms with Crippen molar-refractivity contribution < 1.29 is 12.8 Å². The smallest absolute Gasteiger partial charge is 0.267 e. The lowest BCUT2D eigenvalue weighted by Crippen LogP contribution is -2.27. The third-order valence-corrected chi connectivity index (χ3v) is 4.68. The molecule has 0 bridgehead atoms. The molecule has 0 aliphatic carbocycles. The second kappa shape index (κ2) is 5.46. The summed E-state index contributed by atoms with van der Waals surface area (Å²) in [6.45, 7) is 0. The topological polar surface area (TPSA) is 62.3 Å². The predicted octanol–water partition coefficient (Wildman–Crippen LogP) is 2.09. The van der Waals surface area contributed by atoms with Gasteiger partial charge in [-0.3, -0.25) is 9.29 Å². The van der Waals surface area contributed by atoms with Gasteiger partial charge in [-0.25, -0.2) is 12.8 Å². The van der Waals surface area contributed by atoms with Gasteiger partial charge >= 0.3 is 0 Å². The zero-order valence-electron chi connectivity index (χ0n) is 11.0. The van der Waals surface area contributed by atoms with Crippen LogP contribution in [0.5, 0.6) is 0 Å². The van der Waals surface area contributed by atoms with E-state index in [2.05, 4.69) is 10.3 Å². The van der Waals surface area contributed by atoms with E-state index in [0.29, 0.717) is 5.69 Å². The minimum atomic E-state index is -3.81. The third-order valence-electron chi connectivity index (χ3n) is 2.86. The van der Waals surface area contributed by atoms with E-state index in [4.69, 9.17) is 0 Å². The van der Waals surface area contributed by atoms with E-state index >= 15 is 0 Å². The van der Waals surface area contributed by atoms with Crippen LogP contribution in [0, 0.1) is 5.82 Å². The van der Waals surface area contributed by atoms with Crippen LogP contribution < -0.4 is 9.62 Å². The van der Waals surface area contributed by atoms with Crippen LogP contribution in [-0.4, -0.2) is 27.5 Å². The summed E-state index contributed by atoms with van der Waals surface area (Å²) < 4.78 is 39.3. The molecule has 106 valence electrons. The molecule has 1 aromatic carbocycles. The van der Waals surface area contributed by atoms with Crippen LogP contribution in [0.3, 0.4) is 0 Å². The lowest BCUT2D eigenvalue weighted by Gasteiger charge is -2.20. The molecule has 2 rings (SSSR count). The van der Waals surface area contributed by atoms with Crippen molar-refractivity contribution >= 4 is 21.4 Å². The van der Waals surface area contributed by atoms with Gasteiger partial charge < -0.3 is 5.32 Å². The number of anilines is 2. The van der Waals surface area contributed by atoms with E-state index in [0.717, 1.165) is 10.4 Å². The summed E-state index contributed by atoms with van der Waals surface area (Å²) in [6.07, 6.45) is 2.75. The fraction of sp³-hybridized carbons (Fsp3) is 0.154. The Morgan fingerprint density at radius 2 is 2.05 bits per heavy atom. The molecule has 1 aromatic heterocycles. The summed E-state index contributed by atoms with van der Waals surface area (Å²) in [5.74, 6) is -0.496. The maximum Gasteiger partial charge on any atom is 0.267 e. The normalized spacial score (nSPS) is 11.2. The van der Waals surface area contributed by atoms with Gasteiger partial charge in [0.15, 0.2) is 0 Å². The molecule has 1 N–H and O–H groups in total. The van der Waals surface area contributed by atoms with E-state index in [1.807, 2.05) is 0 Å². The molecule has 0 amide bonds. The van der Waals surface area contributed by atoms with E-state index in [-0.39, 0.29) is 10.6 Å². The van der Waals surface area contributed by atoms with Crippen molar-refractivity contribution in [2.75, 3.05) is 23.7 Å². The first-order chi connectivity index (χ1) is 9.46. The van der Waals surface area contributed by atoms with Crippen LogP contribution in [-0.2, 0) is 10.0 Å². The highest BCUT2D eigenvalue weighted by atomic mass is 32.2. The molecule has 0 fully saturated rings. The fourth-order valence-corrected chi connectivity index (χ4v) is 3.08. The Balaban J connectivity index is 2.50. The van der Waals surface area contributed by atoms with Crippen molar-refractivity contribution in [1.82, 2.24) is 4.98 Å². The van der Waals surface area contributed by atoms with Crippen LogP contribution in [0.25, 0.3) is 0 Å². The first kappa shape index (κ1) is 14.3. The Bertz CT molecular complexity index is 719. The highest BCUT2D eigenvalue weighted by Crippen LogP contribution is 2.26. The Hall–Kier alpha value is -2.15. The molecule has 0 radical (unpaired) electrons. The van der Waals surface area contributed by atoms with Gasteiger partial charge in [0.25, 0.3) is 10.0 Å². The number of rotatable bonds is 4. The van der Waals surface area contributed by atoms with E-state index < -0.39 is 15.8 Å². The summed E-state index contributed by atoms with van der Waals surface area (Å²) in [7, 11) is -0.817. The van der Waals surface area contributed by atoms with Crippen molar-refractivity contribution in [1.29, 1.82) is 0 Å². The van der Waals surface area contributed by atoms with Crippen LogP contribution in [0.2, 0.25) is 0 Å². The molecule has 20 heavy (non-hydrogen) atoms. The number of aromatic nitrogens is 1. The van der Waals surface area contributed by atoms with Crippen LogP contribution in [0.1, 0.15) is 0 Å². The Kier molecular flexibility index (Phi) is 3.89. The molecule has 0 spiro atoms. The van der Waals surface area contributed by atoms with Gasteiger partial charge in [-0.2, -0.15) is 0 Å². The summed E-state index contributed by atoms with van der Waals surface area (Å²) in [5, 5.41) is 2.80. The van der Waals surface area contributed by atoms with Crippen molar-refractivity contribution in [2.45, 2.75) is 4.90 Å². The standard InChI is InChI=1S/C13H14FN3O2S/c1-15-12-6-7-16-9-13(12)20(18,19)17(2)11-5-3-4-10(14)8-11/h3-9H,1-2H3,(H,15,16). The Morgan fingerprint density at radius 3 is 2.70 bits per heavy atom. The highest BCUT2D eigenvalue weighted by molar-refractivity contribution is 7.93. The number of nitrogens with zero attached hydrogens (tertiary/aromatic N) is 2. The fourth-order valence-electron chi connectivity index (χ4n) is 1.75. The monoisotopic (exact) mass is 295 g/mol. The molecule has 0 aliphatic heterocycles. The molecule has 1 heterocycles. The largest absolute Gasteiger partial charge is 0.387 e. The minimum Gasteiger partial charge on any atom is -0.387 e. The zero-order valence-corrected chi connectivity index (χ0v) is 11.9. The van der Waals surface area contributed by atoms with Crippen molar-refractivity contribution in [3.05, 3.63) is 48.5 Å². The SMILES string of the molecule is CNc1ccncc1S(=O)(=O)N(C)c1cccc(F)c1. The first-order valence-corrected chi connectivity index (χ1v) is 7.27. The average Bonchev–Trinajstić information content (AvgIpc) is 2.46. The lowest BCUT2D eigenvalue weighted by molar-refractivity contribution is 0.594. The number of hydrogen-bond acceptors (Lipinski definition) is 4. The van der Waals surface area contributed by atoms with Gasteiger partial charge in [0.1, 0.15) is 10.7 Å². The molecular formula is C13H14FN3O2S. The predicted molar refractivity (Wildman–Crippen MR) is 75.8 cm³/mol. The minimum absolute atomic E-state index is 0.0364. The quantitative estimate of drug-likeness (QED) is 0.938. The zero-order chi connectivity index (χ0) is 14.8. The molecule has 0 atom stereocenters. The maximum atomic E-state index is 13.2. The van der Waals surface area contributed by atoms with Crippen LogP contribution in [0.4, 0.5) is 15.8 Å². The first-order valence-electron chi connectivity index (χ1n) is 5.83. The van der Waals surface area contributed by atoms with Gasteiger partial charge in [0.05, 0.1) is 11.4 Å². The summed E-state index contributed by atoms with van der Waals surface area (Å²) in [6, 6.07) is 6.96. The molecule has 7 heteroatoms. The van der Waals surface area contributed by atoms with Gasteiger partial charge in [0, 0.05) is 26.5 Å². The number of hydrogen-bond donors (Lipinski definition) is 1. The summed E-state index contributed by atoms with van der Waals surface area (Å²) >= 11 is 0. The van der Waals surface area contributed by atoms with Crippen LogP contribution >= 0.6 is 0 Å². The molecule has 0 saturated carbocycles. The van der Waals surface area contributed by atoms with E-state index in [1.165, 1.54) is 37.6 Å². The number of nitrogens with one attached hydrogen (secondary N) is 1. The van der Waals surface area contributed by atoms with E-state index in [9.17, 15) is 12.8 Å². The number of pyridine rings is 1. The van der Waals surface area contributed by atoms with Gasteiger partial charge in [-0.15, -0.1) is 0 Å². The number of halogens is 1. The highest BCUT2D eigenvalue weighted by Gasteiger charge is 2.24. The van der Waals surface area contributed by atoms with Gasteiger partial charge in [-0.1, -0.05) is 6.07 Å². The Labute approximate surface area is 117 Å².